The maximum absolute atomic E-state index is 14.6. The van der Waals surface area contributed by atoms with E-state index in [-0.39, 0.29) is 23.0 Å². The Morgan fingerprint density at radius 3 is 2.22 bits per heavy atom. The zero-order valence-corrected chi connectivity index (χ0v) is 13.6. The van der Waals surface area contributed by atoms with E-state index < -0.39 is 11.6 Å². The van der Waals surface area contributed by atoms with Gasteiger partial charge in [0.2, 0.25) is 0 Å². The summed E-state index contributed by atoms with van der Waals surface area (Å²) in [6, 6.07) is 1.71. The molecule has 6 heteroatoms. The highest BCUT2D eigenvalue weighted by Crippen LogP contribution is 2.39. The topological polar surface area (TPSA) is 30.9 Å². The van der Waals surface area contributed by atoms with Crippen molar-refractivity contribution < 1.29 is 23.0 Å². The zero-order chi connectivity index (χ0) is 16.4. The normalized spacial score (nSPS) is 23.2. The highest BCUT2D eigenvalue weighted by molar-refractivity contribution is 5.43. The fourth-order valence-corrected chi connectivity index (χ4v) is 3.67. The van der Waals surface area contributed by atoms with Crippen LogP contribution in [0.3, 0.4) is 0 Å². The number of halogens is 2. The summed E-state index contributed by atoms with van der Waals surface area (Å²) in [5.41, 5.74) is 0.0933. The fraction of sp³-hybridized carbons (Fsp3) is 0.647. The van der Waals surface area contributed by atoms with Crippen LogP contribution in [-0.2, 0) is 4.74 Å². The van der Waals surface area contributed by atoms with Crippen LogP contribution in [0.5, 0.6) is 11.5 Å². The summed E-state index contributed by atoms with van der Waals surface area (Å²) in [6.07, 6.45) is 2.71. The van der Waals surface area contributed by atoms with Gasteiger partial charge in [-0.15, -0.1) is 0 Å². The third-order valence-electron chi connectivity index (χ3n) is 4.94. The summed E-state index contributed by atoms with van der Waals surface area (Å²) in [4.78, 5) is 2.33. The Bertz CT molecular complexity index is 533. The van der Waals surface area contributed by atoms with E-state index in [1.165, 1.54) is 20.3 Å². The number of methoxy groups -OCH3 is 2. The summed E-state index contributed by atoms with van der Waals surface area (Å²) in [7, 11) is 2.75. The second-order valence-corrected chi connectivity index (χ2v) is 6.15. The minimum absolute atomic E-state index is 0.0303. The van der Waals surface area contributed by atoms with E-state index in [0.717, 1.165) is 39.0 Å². The predicted octanol–water partition coefficient (Wildman–Crippen LogP) is 2.95. The second-order valence-electron chi connectivity index (χ2n) is 6.15. The van der Waals surface area contributed by atoms with Crippen molar-refractivity contribution in [1.82, 2.24) is 4.90 Å². The van der Waals surface area contributed by atoms with Crippen molar-refractivity contribution in [3.8, 4) is 11.5 Å². The van der Waals surface area contributed by atoms with E-state index in [9.17, 15) is 8.78 Å². The maximum atomic E-state index is 14.6. The molecule has 1 aromatic carbocycles. The first-order valence-corrected chi connectivity index (χ1v) is 8.07. The Labute approximate surface area is 135 Å². The Kier molecular flexibility index (Phi) is 5.02. The molecule has 1 aromatic rings. The lowest BCUT2D eigenvalue weighted by Gasteiger charge is -2.31. The molecule has 0 aliphatic carbocycles. The summed E-state index contributed by atoms with van der Waals surface area (Å²) >= 11 is 0. The van der Waals surface area contributed by atoms with Gasteiger partial charge in [0, 0.05) is 43.3 Å². The molecule has 0 aromatic heterocycles. The molecule has 0 saturated carbocycles. The molecular weight excluding hydrogens is 304 g/mol. The van der Waals surface area contributed by atoms with E-state index in [4.69, 9.17) is 14.2 Å². The molecular formula is C17H23F2NO3. The van der Waals surface area contributed by atoms with E-state index in [2.05, 4.69) is 4.90 Å². The quantitative estimate of drug-likeness (QED) is 0.851. The lowest BCUT2D eigenvalue weighted by Crippen LogP contribution is -2.37. The Morgan fingerprint density at radius 2 is 1.65 bits per heavy atom. The maximum Gasteiger partial charge on any atom is 0.171 e. The van der Waals surface area contributed by atoms with Crippen molar-refractivity contribution in [2.45, 2.75) is 31.2 Å². The van der Waals surface area contributed by atoms with Crippen LogP contribution in [-0.4, -0.2) is 51.5 Å². The molecule has 2 saturated heterocycles. The molecule has 1 unspecified atom stereocenters. The molecule has 2 heterocycles. The van der Waals surface area contributed by atoms with Gasteiger partial charge in [0.05, 0.1) is 14.2 Å². The first-order valence-electron chi connectivity index (χ1n) is 8.07. The van der Waals surface area contributed by atoms with Crippen molar-refractivity contribution in [2.75, 3.05) is 40.5 Å². The highest BCUT2D eigenvalue weighted by Gasteiger charge is 2.34. The highest BCUT2D eigenvalue weighted by atomic mass is 19.1. The second kappa shape index (κ2) is 7.01. The standard InChI is InChI=1S/C17H23F2NO3/c1-21-13-9-14(22-2)17(19)15(16(13)18)11-3-6-20(10-11)12-4-7-23-8-5-12/h9,11-12H,3-8,10H2,1-2H3. The van der Waals surface area contributed by atoms with Crippen molar-refractivity contribution in [3.05, 3.63) is 23.3 Å². The molecule has 2 fully saturated rings. The molecule has 4 nitrogen and oxygen atoms in total. The van der Waals surface area contributed by atoms with Gasteiger partial charge in [-0.25, -0.2) is 8.78 Å². The van der Waals surface area contributed by atoms with Crippen molar-refractivity contribution in [1.29, 1.82) is 0 Å². The van der Waals surface area contributed by atoms with E-state index in [1.807, 2.05) is 0 Å². The molecule has 2 aliphatic rings. The van der Waals surface area contributed by atoms with Crippen LogP contribution in [0, 0.1) is 11.6 Å². The van der Waals surface area contributed by atoms with Crippen molar-refractivity contribution >= 4 is 0 Å². The summed E-state index contributed by atoms with van der Waals surface area (Å²) in [5.74, 6) is -1.33. The van der Waals surface area contributed by atoms with Gasteiger partial charge in [-0.1, -0.05) is 0 Å². The van der Waals surface area contributed by atoms with Crippen LogP contribution in [0.1, 0.15) is 30.7 Å². The molecule has 0 N–H and O–H groups in total. The SMILES string of the molecule is COc1cc(OC)c(F)c(C2CCN(C3CCOCC3)C2)c1F. The van der Waals surface area contributed by atoms with Gasteiger partial charge in [0.1, 0.15) is 0 Å². The van der Waals surface area contributed by atoms with Gasteiger partial charge >= 0.3 is 0 Å². The lowest BCUT2D eigenvalue weighted by molar-refractivity contribution is 0.0419. The van der Waals surface area contributed by atoms with Crippen molar-refractivity contribution in [2.24, 2.45) is 0 Å². The fourth-order valence-electron chi connectivity index (χ4n) is 3.67. The number of benzene rings is 1. The molecule has 128 valence electrons. The Balaban J connectivity index is 1.84. The Morgan fingerprint density at radius 1 is 1.04 bits per heavy atom. The van der Waals surface area contributed by atoms with Crippen molar-refractivity contribution in [3.63, 3.8) is 0 Å². The Hall–Kier alpha value is -1.40. The summed E-state index contributed by atoms with van der Waals surface area (Å²) < 4.78 is 44.7. The number of hydrogen-bond donors (Lipinski definition) is 0. The average Bonchev–Trinajstić information content (AvgIpc) is 3.06. The molecule has 3 rings (SSSR count). The minimum Gasteiger partial charge on any atom is -0.494 e. The van der Waals surface area contributed by atoms with E-state index >= 15 is 0 Å². The van der Waals surface area contributed by atoms with Gasteiger partial charge in [-0.2, -0.15) is 0 Å². The van der Waals surface area contributed by atoms with E-state index in [0.29, 0.717) is 12.6 Å². The molecule has 0 radical (unpaired) electrons. The van der Waals surface area contributed by atoms with Crippen LogP contribution in [0.15, 0.2) is 6.07 Å². The lowest BCUT2D eigenvalue weighted by atomic mass is 9.96. The smallest absolute Gasteiger partial charge is 0.171 e. The molecule has 0 spiro atoms. The van der Waals surface area contributed by atoms with Gasteiger partial charge in [-0.3, -0.25) is 4.90 Å². The minimum atomic E-state index is -0.607. The number of nitrogens with zero attached hydrogens (tertiary/aromatic N) is 1. The van der Waals surface area contributed by atoms with Gasteiger partial charge in [0.15, 0.2) is 23.1 Å². The average molecular weight is 327 g/mol. The first kappa shape index (κ1) is 16.5. The zero-order valence-electron chi connectivity index (χ0n) is 13.6. The van der Waals surface area contributed by atoms with E-state index in [1.54, 1.807) is 0 Å². The van der Waals surface area contributed by atoms with Crippen LogP contribution in [0.4, 0.5) is 8.78 Å². The molecule has 2 aliphatic heterocycles. The molecule has 0 bridgehead atoms. The van der Waals surface area contributed by atoms with Crippen LogP contribution >= 0.6 is 0 Å². The monoisotopic (exact) mass is 327 g/mol. The number of ether oxygens (including phenoxy) is 3. The van der Waals surface area contributed by atoms with Gasteiger partial charge in [-0.05, 0) is 25.8 Å². The number of likely N-dealkylation sites (tertiary alicyclic amines) is 1. The predicted molar refractivity (Wildman–Crippen MR) is 82.2 cm³/mol. The third-order valence-corrected chi connectivity index (χ3v) is 4.94. The number of rotatable bonds is 4. The summed E-state index contributed by atoms with van der Waals surface area (Å²) in [5, 5.41) is 0. The first-order chi connectivity index (χ1) is 11.2. The molecule has 0 amide bonds. The third kappa shape index (κ3) is 3.15. The summed E-state index contributed by atoms with van der Waals surface area (Å²) in [6.45, 7) is 3.05. The molecule has 1 atom stereocenters. The van der Waals surface area contributed by atoms with Gasteiger partial charge in [0.25, 0.3) is 0 Å². The largest absolute Gasteiger partial charge is 0.494 e. The van der Waals surface area contributed by atoms with Crippen LogP contribution in [0.25, 0.3) is 0 Å². The number of hydrogen-bond acceptors (Lipinski definition) is 4. The van der Waals surface area contributed by atoms with Crippen LogP contribution < -0.4 is 9.47 Å². The van der Waals surface area contributed by atoms with Crippen LogP contribution in [0.2, 0.25) is 0 Å². The molecule has 23 heavy (non-hydrogen) atoms. The van der Waals surface area contributed by atoms with Gasteiger partial charge < -0.3 is 14.2 Å².